The summed E-state index contributed by atoms with van der Waals surface area (Å²) in [5, 5.41) is 0. The summed E-state index contributed by atoms with van der Waals surface area (Å²) in [6, 6.07) is 6.27. The van der Waals surface area contributed by atoms with Gasteiger partial charge in [-0.05, 0) is 48.4 Å². The first-order chi connectivity index (χ1) is 8.81. The predicted molar refractivity (Wildman–Crippen MR) is 73.1 cm³/mol. The lowest BCUT2D eigenvalue weighted by Crippen LogP contribution is -2.19. The Bertz CT molecular complexity index is 415. The van der Waals surface area contributed by atoms with Gasteiger partial charge in [0.05, 0.1) is 0 Å². The van der Waals surface area contributed by atoms with Gasteiger partial charge in [-0.25, -0.2) is 0 Å². The van der Waals surface area contributed by atoms with E-state index in [1.807, 2.05) is 6.07 Å². The molecule has 3 rings (SSSR count). The van der Waals surface area contributed by atoms with Crippen molar-refractivity contribution in [2.45, 2.75) is 32.4 Å². The van der Waals surface area contributed by atoms with Gasteiger partial charge >= 0.3 is 0 Å². The van der Waals surface area contributed by atoms with Gasteiger partial charge in [-0.1, -0.05) is 6.07 Å². The number of nitrogen functional groups attached to an aromatic ring is 1. The van der Waals surface area contributed by atoms with Crippen molar-refractivity contribution in [3.8, 4) is 0 Å². The third-order valence-corrected chi connectivity index (χ3v) is 3.83. The SMILES string of the molecule is Nc1ccc2c(c1)CN(CCCOCC1CC1)C2. The van der Waals surface area contributed by atoms with Crippen LogP contribution in [0.5, 0.6) is 0 Å². The van der Waals surface area contributed by atoms with Gasteiger partial charge in [0.1, 0.15) is 0 Å². The van der Waals surface area contributed by atoms with E-state index >= 15 is 0 Å². The van der Waals surface area contributed by atoms with Gasteiger partial charge in [0.2, 0.25) is 0 Å². The van der Waals surface area contributed by atoms with Crippen molar-refractivity contribution in [2.75, 3.05) is 25.5 Å². The fraction of sp³-hybridized carbons (Fsp3) is 0.600. The molecule has 18 heavy (non-hydrogen) atoms. The van der Waals surface area contributed by atoms with Gasteiger partial charge in [0, 0.05) is 38.5 Å². The molecule has 1 saturated carbocycles. The highest BCUT2D eigenvalue weighted by Gasteiger charge is 2.21. The van der Waals surface area contributed by atoms with Crippen LogP contribution in [0, 0.1) is 5.92 Å². The minimum absolute atomic E-state index is 0.878. The lowest BCUT2D eigenvalue weighted by atomic mass is 10.1. The van der Waals surface area contributed by atoms with Crippen molar-refractivity contribution in [3.63, 3.8) is 0 Å². The third kappa shape index (κ3) is 3.03. The highest BCUT2D eigenvalue weighted by atomic mass is 16.5. The van der Waals surface area contributed by atoms with Crippen molar-refractivity contribution in [2.24, 2.45) is 5.92 Å². The predicted octanol–water partition coefficient (Wildman–Crippen LogP) is 2.40. The summed E-state index contributed by atoms with van der Waals surface area (Å²) in [7, 11) is 0. The van der Waals surface area contributed by atoms with Crippen molar-refractivity contribution >= 4 is 5.69 Å². The van der Waals surface area contributed by atoms with Crippen LogP contribution < -0.4 is 5.73 Å². The van der Waals surface area contributed by atoms with Gasteiger partial charge in [0.25, 0.3) is 0 Å². The first-order valence-electron chi connectivity index (χ1n) is 6.98. The smallest absolute Gasteiger partial charge is 0.0494 e. The van der Waals surface area contributed by atoms with Crippen LogP contribution in [-0.4, -0.2) is 24.7 Å². The molecule has 2 aliphatic rings. The fourth-order valence-electron chi connectivity index (χ4n) is 2.57. The highest BCUT2D eigenvalue weighted by Crippen LogP contribution is 2.29. The summed E-state index contributed by atoms with van der Waals surface area (Å²) in [6.45, 7) is 5.13. The van der Waals surface area contributed by atoms with Crippen LogP contribution in [0.3, 0.4) is 0 Å². The van der Waals surface area contributed by atoms with Gasteiger partial charge in [-0.3, -0.25) is 4.90 Å². The molecule has 0 amide bonds. The Balaban J connectivity index is 1.37. The van der Waals surface area contributed by atoms with Crippen LogP contribution in [0.4, 0.5) is 5.69 Å². The van der Waals surface area contributed by atoms with Crippen LogP contribution in [0.15, 0.2) is 18.2 Å². The summed E-state index contributed by atoms with van der Waals surface area (Å²) in [6.07, 6.45) is 3.89. The third-order valence-electron chi connectivity index (χ3n) is 3.83. The number of anilines is 1. The monoisotopic (exact) mass is 246 g/mol. The molecule has 1 heterocycles. The molecule has 1 aromatic rings. The molecular formula is C15H22N2O. The summed E-state index contributed by atoms with van der Waals surface area (Å²) in [5.41, 5.74) is 9.52. The molecule has 0 radical (unpaired) electrons. The average Bonchev–Trinajstić information content (AvgIpc) is 3.08. The van der Waals surface area contributed by atoms with E-state index in [1.54, 1.807) is 0 Å². The maximum absolute atomic E-state index is 5.81. The first-order valence-corrected chi connectivity index (χ1v) is 6.98. The fourth-order valence-corrected chi connectivity index (χ4v) is 2.57. The minimum Gasteiger partial charge on any atom is -0.399 e. The first kappa shape index (κ1) is 12.0. The van der Waals surface area contributed by atoms with Crippen LogP contribution >= 0.6 is 0 Å². The minimum atomic E-state index is 0.878. The number of hydrogen-bond acceptors (Lipinski definition) is 3. The molecule has 3 heteroatoms. The van der Waals surface area contributed by atoms with Crippen LogP contribution in [0.2, 0.25) is 0 Å². The van der Waals surface area contributed by atoms with E-state index in [4.69, 9.17) is 10.5 Å². The number of fused-ring (bicyclic) bond motifs is 1. The molecule has 0 aromatic heterocycles. The van der Waals surface area contributed by atoms with Crippen LogP contribution in [0.25, 0.3) is 0 Å². The molecule has 0 bridgehead atoms. The Morgan fingerprint density at radius 3 is 2.89 bits per heavy atom. The van der Waals surface area contributed by atoms with Crippen molar-refractivity contribution < 1.29 is 4.74 Å². The van der Waals surface area contributed by atoms with Gasteiger partial charge in [-0.15, -0.1) is 0 Å². The zero-order chi connectivity index (χ0) is 12.4. The van der Waals surface area contributed by atoms with Crippen LogP contribution in [-0.2, 0) is 17.8 Å². The molecule has 1 fully saturated rings. The highest BCUT2D eigenvalue weighted by molar-refractivity contribution is 5.46. The van der Waals surface area contributed by atoms with Gasteiger partial charge < -0.3 is 10.5 Å². The van der Waals surface area contributed by atoms with Gasteiger partial charge in [-0.2, -0.15) is 0 Å². The number of hydrogen-bond donors (Lipinski definition) is 1. The molecule has 1 aromatic carbocycles. The second-order valence-corrected chi connectivity index (χ2v) is 5.61. The molecule has 0 spiro atoms. The molecule has 98 valence electrons. The zero-order valence-electron chi connectivity index (χ0n) is 10.9. The van der Waals surface area contributed by atoms with E-state index in [0.29, 0.717) is 0 Å². The lowest BCUT2D eigenvalue weighted by molar-refractivity contribution is 0.112. The summed E-state index contributed by atoms with van der Waals surface area (Å²) < 4.78 is 5.67. The summed E-state index contributed by atoms with van der Waals surface area (Å²) in [5.74, 6) is 0.879. The normalized spacial score (nSPS) is 19.1. The largest absolute Gasteiger partial charge is 0.399 e. The van der Waals surface area contributed by atoms with E-state index in [1.165, 1.54) is 24.0 Å². The van der Waals surface area contributed by atoms with E-state index in [-0.39, 0.29) is 0 Å². The van der Waals surface area contributed by atoms with E-state index in [9.17, 15) is 0 Å². The summed E-state index contributed by atoms with van der Waals surface area (Å²) >= 11 is 0. The number of benzene rings is 1. The van der Waals surface area contributed by atoms with E-state index in [2.05, 4.69) is 17.0 Å². The molecule has 0 unspecified atom stereocenters. The number of nitrogens with two attached hydrogens (primary N) is 1. The average molecular weight is 246 g/mol. The van der Waals surface area contributed by atoms with Gasteiger partial charge in [0.15, 0.2) is 0 Å². The van der Waals surface area contributed by atoms with Crippen molar-refractivity contribution in [1.29, 1.82) is 0 Å². The lowest BCUT2D eigenvalue weighted by Gasteiger charge is -2.14. The molecular weight excluding hydrogens is 224 g/mol. The zero-order valence-corrected chi connectivity index (χ0v) is 10.9. The quantitative estimate of drug-likeness (QED) is 0.619. The van der Waals surface area contributed by atoms with Crippen molar-refractivity contribution in [1.82, 2.24) is 4.90 Å². The second kappa shape index (κ2) is 5.29. The molecule has 0 saturated heterocycles. The maximum atomic E-state index is 5.81. The Labute approximate surface area is 109 Å². The Kier molecular flexibility index (Phi) is 3.52. The van der Waals surface area contributed by atoms with E-state index < -0.39 is 0 Å². The second-order valence-electron chi connectivity index (χ2n) is 5.61. The Morgan fingerprint density at radius 2 is 2.06 bits per heavy atom. The topological polar surface area (TPSA) is 38.5 Å². The molecule has 0 atom stereocenters. The number of nitrogens with zero attached hydrogens (tertiary/aromatic N) is 1. The molecule has 3 nitrogen and oxygen atoms in total. The van der Waals surface area contributed by atoms with E-state index in [0.717, 1.165) is 50.9 Å². The molecule has 1 aliphatic heterocycles. The molecule has 2 N–H and O–H groups in total. The van der Waals surface area contributed by atoms with Crippen molar-refractivity contribution in [3.05, 3.63) is 29.3 Å². The Hall–Kier alpha value is -1.06. The Morgan fingerprint density at radius 1 is 1.22 bits per heavy atom. The van der Waals surface area contributed by atoms with Crippen LogP contribution in [0.1, 0.15) is 30.4 Å². The standard InChI is InChI=1S/C15H22N2O/c16-15-5-4-13-9-17(10-14(13)8-15)6-1-7-18-11-12-2-3-12/h4-5,8,12H,1-3,6-7,9-11,16H2. The number of rotatable bonds is 6. The summed E-state index contributed by atoms with van der Waals surface area (Å²) in [4.78, 5) is 2.48. The number of ether oxygens (including phenoxy) is 1. The maximum Gasteiger partial charge on any atom is 0.0494 e. The molecule has 1 aliphatic carbocycles.